The molecule has 0 aliphatic carbocycles. The fraction of sp³-hybridized carbons (Fsp3) is 0. The molecular weight excluding hydrogens is 593 g/mol. The highest BCUT2D eigenvalue weighted by Crippen LogP contribution is 2.44. The molecule has 0 saturated heterocycles. The van der Waals surface area contributed by atoms with Crippen molar-refractivity contribution >= 4 is 54.3 Å². The van der Waals surface area contributed by atoms with Crippen LogP contribution in [0, 0.1) is 0 Å². The SMILES string of the molecule is [2H]c1c([2H])c([2H])c(-c2c3c([2H])c([2H])c([2H])c([2H])c3c(-c3c([2H])c([2H])c(-c4ccc5c(c4)oc4cc(-c6ccc7ccccc7c6)ccc45)c([2H])c3[2H])c3c([2H])c([2H])c([2H])c([2H])c23)c([2H])c1[2H]. The molecule has 1 heteroatoms. The van der Waals surface area contributed by atoms with Crippen molar-refractivity contribution in [2.24, 2.45) is 0 Å². The van der Waals surface area contributed by atoms with Gasteiger partial charge < -0.3 is 4.42 Å². The van der Waals surface area contributed by atoms with Crippen molar-refractivity contribution in [3.8, 4) is 44.5 Å². The van der Waals surface area contributed by atoms with Gasteiger partial charge in [0.15, 0.2) is 0 Å². The van der Waals surface area contributed by atoms with Crippen molar-refractivity contribution in [2.45, 2.75) is 0 Å². The van der Waals surface area contributed by atoms with Crippen LogP contribution in [0.15, 0.2) is 186 Å². The molecule has 10 rings (SSSR count). The minimum atomic E-state index is -0.826. The maximum atomic E-state index is 9.49. The predicted molar refractivity (Wildman–Crippen MR) is 208 cm³/mol. The molecule has 0 amide bonds. The summed E-state index contributed by atoms with van der Waals surface area (Å²) in [5.74, 6) is 0. The Morgan fingerprint density at radius 2 is 0.776 bits per heavy atom. The molecule has 228 valence electrons. The number of hydrogen-bond acceptors (Lipinski definition) is 1. The monoisotopic (exact) mass is 639 g/mol. The molecule has 0 unspecified atom stereocenters. The van der Waals surface area contributed by atoms with E-state index in [9.17, 15) is 11.0 Å². The third-order valence-corrected chi connectivity index (χ3v) is 8.84. The van der Waals surface area contributed by atoms with Gasteiger partial charge >= 0.3 is 0 Å². The van der Waals surface area contributed by atoms with E-state index in [1.54, 1.807) is 18.2 Å². The van der Waals surface area contributed by atoms with E-state index in [2.05, 4.69) is 6.07 Å². The normalized spacial score (nSPS) is 16.5. The average molecular weight is 640 g/mol. The fourth-order valence-corrected chi connectivity index (χ4v) is 6.56. The quantitative estimate of drug-likeness (QED) is 0.175. The average Bonchev–Trinajstić information content (AvgIpc) is 3.68. The first-order chi connectivity index (χ1) is 31.3. The molecule has 49 heavy (non-hydrogen) atoms. The Morgan fingerprint density at radius 1 is 0.327 bits per heavy atom. The highest BCUT2D eigenvalue weighted by atomic mass is 16.3. The summed E-state index contributed by atoms with van der Waals surface area (Å²) < 4.78 is 159. The molecule has 0 aliphatic rings. The van der Waals surface area contributed by atoms with Crippen molar-refractivity contribution in [1.82, 2.24) is 0 Å². The van der Waals surface area contributed by atoms with Crippen LogP contribution in [0.2, 0.25) is 0 Å². The molecule has 1 heterocycles. The van der Waals surface area contributed by atoms with E-state index in [0.29, 0.717) is 11.2 Å². The van der Waals surface area contributed by atoms with Gasteiger partial charge in [0.05, 0.1) is 23.3 Å². The minimum Gasteiger partial charge on any atom is -0.456 e. The largest absolute Gasteiger partial charge is 0.456 e. The lowest BCUT2D eigenvalue weighted by Crippen LogP contribution is -1.90. The molecule has 0 atom stereocenters. The zero-order valence-electron chi connectivity index (χ0n) is 42.4. The molecule has 1 nitrogen and oxygen atoms in total. The lowest BCUT2D eigenvalue weighted by Gasteiger charge is -2.18. The van der Waals surface area contributed by atoms with Crippen molar-refractivity contribution in [1.29, 1.82) is 0 Å². The summed E-state index contributed by atoms with van der Waals surface area (Å²) >= 11 is 0. The second kappa shape index (κ2) is 11.1. The van der Waals surface area contributed by atoms with Crippen LogP contribution in [0.5, 0.6) is 0 Å². The second-order valence-electron chi connectivity index (χ2n) is 11.6. The van der Waals surface area contributed by atoms with Crippen LogP contribution in [0.3, 0.4) is 0 Å². The summed E-state index contributed by atoms with van der Waals surface area (Å²) in [6, 6.07) is 11.8. The zero-order valence-corrected chi connectivity index (χ0v) is 25.4. The van der Waals surface area contributed by atoms with Crippen molar-refractivity contribution in [2.75, 3.05) is 0 Å². The van der Waals surface area contributed by atoms with E-state index in [0.717, 1.165) is 32.7 Å². The third kappa shape index (κ3) is 4.55. The lowest BCUT2D eigenvalue weighted by molar-refractivity contribution is 0.669. The molecule has 0 bridgehead atoms. The Bertz CT molecular complexity index is 3720. The summed E-state index contributed by atoms with van der Waals surface area (Å²) in [6.45, 7) is 0. The number of hydrogen-bond donors (Lipinski definition) is 0. The maximum Gasteiger partial charge on any atom is 0.136 e. The molecule has 10 aromatic rings. The molecule has 0 aliphatic heterocycles. The Hall–Kier alpha value is -6.44. The number of benzene rings is 9. The topological polar surface area (TPSA) is 13.1 Å². The van der Waals surface area contributed by atoms with Crippen molar-refractivity contribution < 1.29 is 27.7 Å². The van der Waals surface area contributed by atoms with Gasteiger partial charge in [-0.25, -0.2) is 0 Å². The smallest absolute Gasteiger partial charge is 0.136 e. The summed E-state index contributed by atoms with van der Waals surface area (Å²) in [7, 11) is 0. The standard InChI is InChI=1S/C48H30O/c1-2-11-33(12-3-1)47-41-14-6-8-16-43(41)48(44-17-9-7-15-42(44)47)34-21-18-32(19-22-34)37-24-26-39-40-27-25-38(30-46(40)49-45(39)29-37)36-23-20-31-10-4-5-13-35(31)28-36/h1-30H/i1D,2D,3D,6D,7D,8D,9D,11D,12D,14D,15D,16D,17D,18D,19D,21D,22D. The molecule has 0 radical (unpaired) electrons. The first-order valence-corrected chi connectivity index (χ1v) is 15.4. The number of fused-ring (bicyclic) bond motifs is 6. The Balaban J connectivity index is 1.26. The molecule has 0 spiro atoms. The van der Waals surface area contributed by atoms with Crippen LogP contribution < -0.4 is 0 Å². The Kier molecular flexibility index (Phi) is 3.54. The van der Waals surface area contributed by atoms with Crippen LogP contribution >= 0.6 is 0 Å². The molecule has 0 fully saturated rings. The van der Waals surface area contributed by atoms with Crippen LogP contribution in [0.25, 0.3) is 98.8 Å². The van der Waals surface area contributed by atoms with E-state index in [1.807, 2.05) is 54.6 Å². The van der Waals surface area contributed by atoms with Crippen LogP contribution in [0.1, 0.15) is 23.3 Å². The van der Waals surface area contributed by atoms with Crippen LogP contribution in [0.4, 0.5) is 0 Å². The molecule has 1 aromatic heterocycles. The first kappa shape index (κ1) is 15.6. The van der Waals surface area contributed by atoms with Crippen molar-refractivity contribution in [3.05, 3.63) is 182 Å². The van der Waals surface area contributed by atoms with Gasteiger partial charge in [-0.15, -0.1) is 0 Å². The third-order valence-electron chi connectivity index (χ3n) is 8.84. The maximum absolute atomic E-state index is 9.49. The van der Waals surface area contributed by atoms with Crippen LogP contribution in [-0.4, -0.2) is 0 Å². The van der Waals surface area contributed by atoms with E-state index in [-0.39, 0.29) is 11.1 Å². The van der Waals surface area contributed by atoms with E-state index >= 15 is 0 Å². The van der Waals surface area contributed by atoms with Gasteiger partial charge in [-0.3, -0.25) is 0 Å². The van der Waals surface area contributed by atoms with Gasteiger partial charge in [-0.05, 0) is 107 Å². The summed E-state index contributed by atoms with van der Waals surface area (Å²) in [5.41, 5.74) is 0.777. The van der Waals surface area contributed by atoms with E-state index in [4.69, 9.17) is 16.8 Å². The Morgan fingerprint density at radius 3 is 1.37 bits per heavy atom. The highest BCUT2D eigenvalue weighted by molar-refractivity contribution is 6.21. The van der Waals surface area contributed by atoms with Crippen molar-refractivity contribution in [3.63, 3.8) is 0 Å². The number of rotatable bonds is 4. The van der Waals surface area contributed by atoms with Gasteiger partial charge in [0.1, 0.15) is 11.2 Å². The fourth-order valence-electron chi connectivity index (χ4n) is 6.56. The number of furan rings is 1. The van der Waals surface area contributed by atoms with Gasteiger partial charge in [-0.2, -0.15) is 0 Å². The highest BCUT2D eigenvalue weighted by Gasteiger charge is 2.17. The first-order valence-electron chi connectivity index (χ1n) is 23.9. The van der Waals surface area contributed by atoms with Gasteiger partial charge in [0, 0.05) is 10.8 Å². The van der Waals surface area contributed by atoms with Gasteiger partial charge in [-0.1, -0.05) is 151 Å². The van der Waals surface area contributed by atoms with Gasteiger partial charge in [0.25, 0.3) is 0 Å². The summed E-state index contributed by atoms with van der Waals surface area (Å²) in [6.07, 6.45) is 0. The molecule has 0 saturated carbocycles. The predicted octanol–water partition coefficient (Wildman–Crippen LogP) is 13.7. The second-order valence-corrected chi connectivity index (χ2v) is 11.6. The van der Waals surface area contributed by atoms with Gasteiger partial charge in [0.2, 0.25) is 0 Å². The van der Waals surface area contributed by atoms with Crippen LogP contribution in [-0.2, 0) is 0 Å². The summed E-state index contributed by atoms with van der Waals surface area (Å²) in [4.78, 5) is 0. The molecular formula is C48H30O. The molecule has 0 N–H and O–H groups in total. The Labute approximate surface area is 308 Å². The minimum absolute atomic E-state index is 0.152. The van der Waals surface area contributed by atoms with E-state index in [1.165, 1.54) is 0 Å². The van der Waals surface area contributed by atoms with E-state index < -0.39 is 147 Å². The summed E-state index contributed by atoms with van der Waals surface area (Å²) in [5, 5.41) is 1.65. The zero-order chi connectivity index (χ0) is 47.1. The molecule has 9 aromatic carbocycles. The lowest BCUT2D eigenvalue weighted by atomic mass is 9.86.